The van der Waals surface area contributed by atoms with Crippen LogP contribution >= 0.6 is 0 Å². The van der Waals surface area contributed by atoms with Gasteiger partial charge in [-0.1, -0.05) is 117 Å². The van der Waals surface area contributed by atoms with E-state index in [2.05, 4.69) is 174 Å². The topological polar surface area (TPSA) is 26.0 Å². The van der Waals surface area contributed by atoms with E-state index in [0.717, 1.165) is 30.9 Å². The van der Waals surface area contributed by atoms with E-state index in [1.54, 1.807) is 0 Å². The Labute approximate surface area is 311 Å². The molecular weight excluding hydrogens is 645 g/mol. The van der Waals surface area contributed by atoms with Gasteiger partial charge in [0.25, 0.3) is 0 Å². The molecule has 0 saturated heterocycles. The Bertz CT molecular complexity index is 2720. The smallest absolute Gasteiger partial charge is 0.142 e. The van der Waals surface area contributed by atoms with E-state index >= 15 is 0 Å². The van der Waals surface area contributed by atoms with Crippen LogP contribution in [0.4, 0.5) is 11.4 Å². The van der Waals surface area contributed by atoms with Gasteiger partial charge in [0.05, 0.1) is 34.1 Å². The zero-order valence-corrected chi connectivity index (χ0v) is 30.5. The molecule has 2 aromatic heterocycles. The van der Waals surface area contributed by atoms with Crippen LogP contribution in [0, 0.1) is 5.92 Å². The van der Waals surface area contributed by atoms with Gasteiger partial charge in [-0.2, -0.15) is 0 Å². The first-order valence-corrected chi connectivity index (χ1v) is 19.4. The summed E-state index contributed by atoms with van der Waals surface area (Å²) in [5.41, 5.74) is 17.2. The van der Waals surface area contributed by atoms with Crippen LogP contribution in [0.25, 0.3) is 56.1 Å². The molecule has 0 amide bonds. The number of fused-ring (bicyclic) bond motifs is 13. The highest BCUT2D eigenvalue weighted by Gasteiger charge is 2.47. The highest BCUT2D eigenvalue weighted by molar-refractivity contribution is 6.23. The fourth-order valence-electron chi connectivity index (χ4n) is 10.4. The first kappa shape index (κ1) is 30.7. The van der Waals surface area contributed by atoms with Gasteiger partial charge in [-0.25, -0.2) is 4.98 Å². The average Bonchev–Trinajstić information content (AvgIpc) is 3.94. The number of hydrogen-bond acceptors (Lipinski definition) is 2. The lowest BCUT2D eigenvalue weighted by molar-refractivity contribution is 0.568. The van der Waals surface area contributed by atoms with Crippen molar-refractivity contribution in [2.45, 2.75) is 58.0 Å². The van der Waals surface area contributed by atoms with Crippen molar-refractivity contribution in [2.24, 2.45) is 5.92 Å². The summed E-state index contributed by atoms with van der Waals surface area (Å²) in [5, 5.41) is 2.63. The number of allylic oxidation sites excluding steroid dienone is 3. The molecule has 4 heteroatoms. The molecule has 0 N–H and O–H groups in total. The second-order valence-corrected chi connectivity index (χ2v) is 15.4. The van der Waals surface area contributed by atoms with Crippen LogP contribution in [-0.4, -0.2) is 20.2 Å². The molecule has 3 atom stereocenters. The van der Waals surface area contributed by atoms with Gasteiger partial charge in [0.2, 0.25) is 0 Å². The molecule has 7 aromatic rings. The van der Waals surface area contributed by atoms with E-state index in [4.69, 9.17) is 4.98 Å². The number of benzene rings is 5. The molecule has 4 aliphatic rings. The Kier molecular flexibility index (Phi) is 6.71. The molecule has 0 bridgehead atoms. The lowest BCUT2D eigenvalue weighted by Gasteiger charge is -2.31. The predicted octanol–water partition coefficient (Wildman–Crippen LogP) is 12.1. The van der Waals surface area contributed by atoms with Gasteiger partial charge < -0.3 is 14.0 Å². The van der Waals surface area contributed by atoms with E-state index in [1.165, 1.54) is 77.9 Å². The number of anilines is 2. The maximum atomic E-state index is 5.37. The van der Waals surface area contributed by atoms with Crippen molar-refractivity contribution in [1.82, 2.24) is 14.1 Å². The van der Waals surface area contributed by atoms with Crippen molar-refractivity contribution < 1.29 is 0 Å². The van der Waals surface area contributed by atoms with Crippen LogP contribution < -0.4 is 4.90 Å². The lowest BCUT2D eigenvalue weighted by Crippen LogP contribution is -2.29. The van der Waals surface area contributed by atoms with E-state index in [1.807, 2.05) is 0 Å². The third-order valence-corrected chi connectivity index (χ3v) is 12.3. The molecule has 0 fully saturated rings. The molecule has 258 valence electrons. The fourth-order valence-corrected chi connectivity index (χ4v) is 10.4. The highest BCUT2D eigenvalue weighted by atomic mass is 15.2. The van der Waals surface area contributed by atoms with Crippen molar-refractivity contribution >= 4 is 39.3 Å². The summed E-state index contributed by atoms with van der Waals surface area (Å²) in [5.74, 6) is 1.98. The van der Waals surface area contributed by atoms with Crippen molar-refractivity contribution in [3.05, 3.63) is 162 Å². The van der Waals surface area contributed by atoms with Crippen LogP contribution in [0.3, 0.4) is 0 Å². The minimum absolute atomic E-state index is 0.126. The number of para-hydroxylation sites is 3. The number of imidazole rings is 1. The second-order valence-electron chi connectivity index (χ2n) is 15.4. The van der Waals surface area contributed by atoms with E-state index in [-0.39, 0.29) is 17.9 Å². The number of rotatable bonds is 5. The molecule has 5 aromatic carbocycles. The highest BCUT2D eigenvalue weighted by Crippen LogP contribution is 2.63. The van der Waals surface area contributed by atoms with E-state index in [0.29, 0.717) is 5.92 Å². The molecule has 3 heterocycles. The molecule has 3 unspecified atom stereocenters. The molecule has 53 heavy (non-hydrogen) atoms. The van der Waals surface area contributed by atoms with Crippen molar-refractivity contribution in [1.29, 1.82) is 0 Å². The molecular formula is C49H42N4. The molecule has 3 aliphatic carbocycles. The maximum absolute atomic E-state index is 5.37. The van der Waals surface area contributed by atoms with E-state index in [9.17, 15) is 0 Å². The summed E-state index contributed by atoms with van der Waals surface area (Å²) < 4.78 is 5.03. The molecule has 11 rings (SSSR count). The number of nitrogens with zero attached hydrogens (tertiary/aromatic N) is 4. The maximum Gasteiger partial charge on any atom is 0.142 e. The van der Waals surface area contributed by atoms with Gasteiger partial charge in [-0.15, -0.1) is 0 Å². The Balaban J connectivity index is 1.32. The molecule has 0 radical (unpaired) electrons. The molecule has 1 aliphatic heterocycles. The summed E-state index contributed by atoms with van der Waals surface area (Å²) in [6.07, 6.45) is 16.1. The van der Waals surface area contributed by atoms with Gasteiger partial charge >= 0.3 is 0 Å². The summed E-state index contributed by atoms with van der Waals surface area (Å²) >= 11 is 0. The first-order chi connectivity index (χ1) is 26.2. The third-order valence-electron chi connectivity index (χ3n) is 12.3. The number of hydrogen-bond donors (Lipinski definition) is 0. The SMILES string of the molecule is CCn1c(-c2ccccc2N2c3c(c4c(c5c3c3ccccc3n5-c3ccccc3)-c3ccccc3C4C(C)C)C3C=CC=CC32)nc2c1CCC=C2. The minimum atomic E-state index is 0.126. The van der Waals surface area contributed by atoms with E-state index < -0.39 is 0 Å². The Hall–Kier alpha value is -5.87. The van der Waals surface area contributed by atoms with Crippen LogP contribution in [-0.2, 0) is 13.0 Å². The zero-order valence-electron chi connectivity index (χ0n) is 30.5. The van der Waals surface area contributed by atoms with Crippen LogP contribution in [0.15, 0.2) is 134 Å². The van der Waals surface area contributed by atoms with Gasteiger partial charge in [0.15, 0.2) is 0 Å². The zero-order chi connectivity index (χ0) is 35.4. The van der Waals surface area contributed by atoms with Crippen molar-refractivity contribution in [3.63, 3.8) is 0 Å². The monoisotopic (exact) mass is 686 g/mol. The van der Waals surface area contributed by atoms with Gasteiger partial charge in [-0.05, 0) is 84.3 Å². The van der Waals surface area contributed by atoms with Gasteiger partial charge in [-0.3, -0.25) is 0 Å². The van der Waals surface area contributed by atoms with Gasteiger partial charge in [0, 0.05) is 51.7 Å². The van der Waals surface area contributed by atoms with Crippen LogP contribution in [0.2, 0.25) is 0 Å². The Morgan fingerprint density at radius 2 is 1.55 bits per heavy atom. The lowest BCUT2D eigenvalue weighted by atomic mass is 9.79. The standard InChI is InChI=1S/C49H42N4/c1-4-51-41-29-17-13-25-37(41)50-49(51)36-24-12-16-28-40(36)53-39-27-15-10-22-34(39)44-46-42(30(2)3)32-20-8-9-21-33(32)43(46)47-45(48(44)53)35-23-11-14-26-38(35)52(47)31-18-6-5-7-19-31/h5-16,18-28,30,34,39,42H,4,17,29H2,1-3H3. The third kappa shape index (κ3) is 4.15. The quantitative estimate of drug-likeness (QED) is 0.180. The Morgan fingerprint density at radius 1 is 0.792 bits per heavy atom. The van der Waals surface area contributed by atoms with Crippen molar-refractivity contribution in [2.75, 3.05) is 4.90 Å². The second kappa shape index (κ2) is 11.6. The summed E-state index contributed by atoms with van der Waals surface area (Å²) in [6, 6.07) is 38.5. The Morgan fingerprint density at radius 3 is 2.40 bits per heavy atom. The van der Waals surface area contributed by atoms with Crippen molar-refractivity contribution in [3.8, 4) is 28.2 Å². The molecule has 0 spiro atoms. The predicted molar refractivity (Wildman–Crippen MR) is 221 cm³/mol. The summed E-state index contributed by atoms with van der Waals surface area (Å²) in [6.45, 7) is 7.98. The normalized spacial score (nSPS) is 19.2. The largest absolute Gasteiger partial charge is 0.332 e. The molecule has 0 saturated carbocycles. The summed E-state index contributed by atoms with van der Waals surface area (Å²) in [7, 11) is 0. The average molecular weight is 687 g/mol. The minimum Gasteiger partial charge on any atom is -0.332 e. The van der Waals surface area contributed by atoms with Crippen LogP contribution in [0.1, 0.15) is 67.1 Å². The number of aromatic nitrogens is 3. The summed E-state index contributed by atoms with van der Waals surface area (Å²) in [4.78, 5) is 8.09. The van der Waals surface area contributed by atoms with Gasteiger partial charge in [0.1, 0.15) is 5.82 Å². The van der Waals surface area contributed by atoms with Crippen LogP contribution in [0.5, 0.6) is 0 Å². The fraction of sp³-hybridized carbons (Fsp3) is 0.204. The molecule has 4 nitrogen and oxygen atoms in total. The first-order valence-electron chi connectivity index (χ1n) is 19.4.